The lowest BCUT2D eigenvalue weighted by atomic mass is 9.64. The zero-order chi connectivity index (χ0) is 20.9. The Balaban J connectivity index is 1.51. The minimum atomic E-state index is -2.80. The first-order valence-electron chi connectivity index (χ1n) is 10.3. The molecule has 5 rings (SSSR count). The largest absolute Gasteiger partial charge is 0.272 e. The molecule has 156 valence electrons. The van der Waals surface area contributed by atoms with Crippen molar-refractivity contribution in [2.45, 2.75) is 44.4 Å². The van der Waals surface area contributed by atoms with E-state index in [2.05, 4.69) is 33.3 Å². The highest BCUT2D eigenvalue weighted by Gasteiger charge is 2.41. The predicted octanol–water partition coefficient (Wildman–Crippen LogP) is 4.02. The zero-order valence-corrected chi connectivity index (χ0v) is 18.0. The van der Waals surface area contributed by atoms with Gasteiger partial charge in [0, 0.05) is 28.1 Å². The second-order valence-electron chi connectivity index (χ2n) is 9.34. The molecule has 1 amide bonds. The van der Waals surface area contributed by atoms with Crippen LogP contribution < -0.4 is 0 Å². The van der Waals surface area contributed by atoms with Gasteiger partial charge in [-0.25, -0.2) is 18.9 Å². The fourth-order valence-corrected chi connectivity index (χ4v) is 6.58. The molecule has 2 aliphatic rings. The van der Waals surface area contributed by atoms with Gasteiger partial charge in [-0.15, -0.1) is 0 Å². The minimum absolute atomic E-state index is 0.0930. The number of aromatic nitrogens is 4. The van der Waals surface area contributed by atoms with Crippen molar-refractivity contribution in [2.24, 2.45) is 21.6 Å². The van der Waals surface area contributed by atoms with E-state index in [9.17, 15) is 9.00 Å². The van der Waals surface area contributed by atoms with Crippen molar-refractivity contribution in [3.63, 3.8) is 0 Å². The first-order chi connectivity index (χ1) is 14.3. The number of fused-ring (bicyclic) bond motifs is 1. The van der Waals surface area contributed by atoms with Crippen molar-refractivity contribution in [1.82, 2.24) is 19.7 Å². The zero-order valence-electron chi connectivity index (χ0n) is 17.2. The summed E-state index contributed by atoms with van der Waals surface area (Å²) in [6, 6.07) is 5.53. The monoisotopic (exact) mass is 423 g/mol. The number of rotatable bonds is 5. The SMILES string of the molecule is CC1(C)CC(C(=O)N=S(=O)(CC2CC2)c2ccc3nn(-c4cncnc4)cc3c2)C1. The van der Waals surface area contributed by atoms with E-state index in [0.29, 0.717) is 16.6 Å². The summed E-state index contributed by atoms with van der Waals surface area (Å²) < 4.78 is 20.0. The molecule has 2 aliphatic carbocycles. The standard InChI is InChI=1S/C22H25N5O2S/c1-22(2)8-17(9-22)21(28)26-30(29,13-15-3-4-15)19-5-6-20-16(7-19)12-27(25-20)18-10-23-14-24-11-18/h5-7,10-12,14-15,17H,3-4,8-9,13H2,1-2H3. The molecule has 2 fully saturated rings. The predicted molar refractivity (Wildman–Crippen MR) is 115 cm³/mol. The number of amides is 1. The lowest BCUT2D eigenvalue weighted by Gasteiger charge is -2.40. The third kappa shape index (κ3) is 3.76. The molecule has 1 aromatic carbocycles. The molecule has 8 heteroatoms. The third-order valence-electron chi connectivity index (χ3n) is 6.00. The van der Waals surface area contributed by atoms with Crippen LogP contribution in [0, 0.1) is 17.3 Å². The Labute approximate surface area is 176 Å². The molecule has 7 nitrogen and oxygen atoms in total. The molecule has 30 heavy (non-hydrogen) atoms. The maximum absolute atomic E-state index is 13.9. The van der Waals surface area contributed by atoms with Crippen LogP contribution >= 0.6 is 0 Å². The number of nitrogens with zero attached hydrogens (tertiary/aromatic N) is 5. The molecule has 2 aromatic heterocycles. The van der Waals surface area contributed by atoms with Gasteiger partial charge in [0.25, 0.3) is 5.91 Å². The lowest BCUT2D eigenvalue weighted by Crippen LogP contribution is -2.36. The van der Waals surface area contributed by atoms with E-state index in [-0.39, 0.29) is 17.2 Å². The second-order valence-corrected chi connectivity index (χ2v) is 11.6. The quantitative estimate of drug-likeness (QED) is 0.618. The summed E-state index contributed by atoms with van der Waals surface area (Å²) in [7, 11) is -2.80. The summed E-state index contributed by atoms with van der Waals surface area (Å²) in [6.07, 6.45) is 10.5. The highest BCUT2D eigenvalue weighted by atomic mass is 32.2. The molecule has 1 unspecified atom stereocenters. The van der Waals surface area contributed by atoms with E-state index in [4.69, 9.17) is 0 Å². The fourth-order valence-electron chi connectivity index (χ4n) is 4.20. The van der Waals surface area contributed by atoms with Crippen LogP contribution in [0.3, 0.4) is 0 Å². The summed E-state index contributed by atoms with van der Waals surface area (Å²) in [5.74, 6) is 0.564. The van der Waals surface area contributed by atoms with Crippen molar-refractivity contribution >= 4 is 26.5 Å². The highest BCUT2D eigenvalue weighted by molar-refractivity contribution is 7.94. The van der Waals surface area contributed by atoms with Crippen molar-refractivity contribution in [2.75, 3.05) is 5.75 Å². The first kappa shape index (κ1) is 19.4. The average Bonchev–Trinajstić information content (AvgIpc) is 3.40. The van der Waals surface area contributed by atoms with E-state index >= 15 is 0 Å². The van der Waals surface area contributed by atoms with Crippen LogP contribution in [-0.2, 0) is 14.5 Å². The molecule has 2 heterocycles. The van der Waals surface area contributed by atoms with Gasteiger partial charge in [-0.05, 0) is 55.2 Å². The van der Waals surface area contributed by atoms with Gasteiger partial charge in [-0.1, -0.05) is 13.8 Å². The number of hydrogen-bond donors (Lipinski definition) is 0. The van der Waals surface area contributed by atoms with Gasteiger partial charge < -0.3 is 0 Å². The molecule has 1 atom stereocenters. The minimum Gasteiger partial charge on any atom is -0.272 e. The van der Waals surface area contributed by atoms with Gasteiger partial charge in [0.2, 0.25) is 0 Å². The number of hydrogen-bond acceptors (Lipinski definition) is 5. The van der Waals surface area contributed by atoms with E-state index in [1.165, 1.54) is 6.33 Å². The topological polar surface area (TPSA) is 90.1 Å². The molecule has 2 saturated carbocycles. The van der Waals surface area contributed by atoms with Crippen molar-refractivity contribution in [3.8, 4) is 5.69 Å². The molecular weight excluding hydrogens is 398 g/mol. The molecule has 0 N–H and O–H groups in total. The molecule has 0 aliphatic heterocycles. The Bertz CT molecular complexity index is 1230. The summed E-state index contributed by atoms with van der Waals surface area (Å²) in [6.45, 7) is 4.31. The maximum atomic E-state index is 13.9. The second kappa shape index (κ2) is 6.97. The number of carbonyl (C=O) groups excluding carboxylic acids is 1. The summed E-state index contributed by atoms with van der Waals surface area (Å²) in [4.78, 5) is 21.5. The van der Waals surface area contributed by atoms with E-state index in [1.807, 2.05) is 24.4 Å². The van der Waals surface area contributed by atoms with E-state index in [0.717, 1.165) is 42.3 Å². The molecular formula is C22H25N5O2S. The Kier molecular flexibility index (Phi) is 4.50. The Hall–Kier alpha value is -2.61. The van der Waals surface area contributed by atoms with E-state index < -0.39 is 9.73 Å². The Morgan fingerprint density at radius 3 is 2.63 bits per heavy atom. The summed E-state index contributed by atoms with van der Waals surface area (Å²) in [5.41, 5.74) is 1.71. The molecule has 0 bridgehead atoms. The summed E-state index contributed by atoms with van der Waals surface area (Å²) >= 11 is 0. The van der Waals surface area contributed by atoms with Crippen LogP contribution in [0.15, 0.2) is 52.4 Å². The molecule has 3 aromatic rings. The molecule has 0 radical (unpaired) electrons. The van der Waals surface area contributed by atoms with Crippen LogP contribution in [0.2, 0.25) is 0 Å². The van der Waals surface area contributed by atoms with Gasteiger partial charge in [-0.3, -0.25) is 4.79 Å². The van der Waals surface area contributed by atoms with Gasteiger partial charge in [0.15, 0.2) is 0 Å². The number of benzene rings is 1. The number of carbonyl (C=O) groups is 1. The van der Waals surface area contributed by atoms with Gasteiger partial charge in [0.05, 0.1) is 27.6 Å². The molecule has 0 saturated heterocycles. The third-order valence-corrected chi connectivity index (χ3v) is 8.39. The van der Waals surface area contributed by atoms with Gasteiger partial charge in [-0.2, -0.15) is 9.46 Å². The highest BCUT2D eigenvalue weighted by Crippen LogP contribution is 2.45. The smallest absolute Gasteiger partial charge is 0.257 e. The van der Waals surface area contributed by atoms with Crippen LogP contribution in [0.25, 0.3) is 16.6 Å². The summed E-state index contributed by atoms with van der Waals surface area (Å²) in [5, 5.41) is 5.41. The van der Waals surface area contributed by atoms with Crippen molar-refractivity contribution < 1.29 is 9.00 Å². The van der Waals surface area contributed by atoms with Crippen LogP contribution in [-0.4, -0.2) is 35.6 Å². The van der Waals surface area contributed by atoms with Crippen molar-refractivity contribution in [3.05, 3.63) is 43.1 Å². The fraction of sp³-hybridized carbons (Fsp3) is 0.455. The van der Waals surface area contributed by atoms with E-state index in [1.54, 1.807) is 17.1 Å². The normalized spacial score (nSPS) is 20.5. The molecule has 0 spiro atoms. The van der Waals surface area contributed by atoms with Gasteiger partial charge in [0.1, 0.15) is 12.0 Å². The van der Waals surface area contributed by atoms with Crippen molar-refractivity contribution in [1.29, 1.82) is 0 Å². The maximum Gasteiger partial charge on any atom is 0.257 e. The first-order valence-corrected chi connectivity index (χ1v) is 12.0. The van der Waals surface area contributed by atoms with Crippen LogP contribution in [0.4, 0.5) is 0 Å². The Morgan fingerprint density at radius 1 is 1.23 bits per heavy atom. The average molecular weight is 424 g/mol. The lowest BCUT2D eigenvalue weighted by molar-refractivity contribution is -0.127. The van der Waals surface area contributed by atoms with Gasteiger partial charge >= 0.3 is 0 Å². The van der Waals surface area contributed by atoms with Crippen LogP contribution in [0.1, 0.15) is 39.5 Å². The Morgan fingerprint density at radius 2 is 1.97 bits per heavy atom. The van der Waals surface area contributed by atoms with Crippen LogP contribution in [0.5, 0.6) is 0 Å².